The summed E-state index contributed by atoms with van der Waals surface area (Å²) < 4.78 is 0. The molecule has 0 aromatic heterocycles. The van der Waals surface area contributed by atoms with E-state index >= 15 is 0 Å². The monoisotopic (exact) mass is 409 g/mol. The molecule has 0 aliphatic carbocycles. The Morgan fingerprint density at radius 3 is 2.70 bits per heavy atom. The fourth-order valence-electron chi connectivity index (χ4n) is 3.83. The maximum Gasteiger partial charge on any atom is 0.234 e. The summed E-state index contributed by atoms with van der Waals surface area (Å²) >= 11 is 8.49. The van der Waals surface area contributed by atoms with Crippen LogP contribution in [-0.4, -0.2) is 72.5 Å². The smallest absolute Gasteiger partial charge is 0.234 e. The highest BCUT2D eigenvalue weighted by Gasteiger charge is 2.22. The number of amides is 1. The van der Waals surface area contributed by atoms with E-state index in [1.807, 2.05) is 0 Å². The first-order valence-electron chi connectivity index (χ1n) is 10.2. The van der Waals surface area contributed by atoms with Crippen LogP contribution in [-0.2, 0) is 11.2 Å². The number of carbonyl (C=O) groups is 1. The third kappa shape index (κ3) is 8.90. The van der Waals surface area contributed by atoms with Crippen LogP contribution in [0.4, 0.5) is 0 Å². The molecular formula is C21H35N3OS2. The number of hydrogen-bond acceptors (Lipinski definition) is 5. The standard InChI is InChI=1S/C21H35N3OS2/c25-21(22-10-15-26)18-23(14-16-27)11-6-13-24-12-5-4-9-20(24)17-19-7-2-1-3-8-19/h1-3,7-8,20,26-27H,4-6,9-18H2,(H,22,25). The average Bonchev–Trinajstić information content (AvgIpc) is 2.68. The second kappa shape index (κ2) is 13.5. The molecule has 0 bridgehead atoms. The SMILES string of the molecule is O=C(CN(CCS)CCCN1CCCCC1Cc1ccccc1)NCCS. The van der Waals surface area contributed by atoms with Crippen LogP contribution in [0, 0.1) is 0 Å². The number of nitrogens with one attached hydrogen (secondary N) is 1. The summed E-state index contributed by atoms with van der Waals surface area (Å²) in [6, 6.07) is 11.5. The molecule has 152 valence electrons. The molecule has 1 aromatic rings. The van der Waals surface area contributed by atoms with Gasteiger partial charge in [-0.25, -0.2) is 0 Å². The first-order chi connectivity index (χ1) is 13.2. The number of benzene rings is 1. The van der Waals surface area contributed by atoms with Crippen LogP contribution >= 0.6 is 25.3 Å². The molecule has 1 aliphatic rings. The molecule has 1 fully saturated rings. The lowest BCUT2D eigenvalue weighted by molar-refractivity contribution is -0.122. The second-order valence-corrected chi connectivity index (χ2v) is 8.20. The summed E-state index contributed by atoms with van der Waals surface area (Å²) in [6.45, 7) is 5.20. The zero-order valence-corrected chi connectivity index (χ0v) is 18.1. The number of rotatable bonds is 12. The number of hydrogen-bond donors (Lipinski definition) is 3. The fourth-order valence-corrected chi connectivity index (χ4v) is 4.23. The lowest BCUT2D eigenvalue weighted by atomic mass is 9.95. The van der Waals surface area contributed by atoms with Crippen molar-refractivity contribution in [3.8, 4) is 0 Å². The van der Waals surface area contributed by atoms with Gasteiger partial charge in [0.05, 0.1) is 6.54 Å². The summed E-state index contributed by atoms with van der Waals surface area (Å²) in [4.78, 5) is 16.9. The first-order valence-corrected chi connectivity index (χ1v) is 11.5. The molecule has 1 N–H and O–H groups in total. The Morgan fingerprint density at radius 2 is 1.96 bits per heavy atom. The molecule has 1 aromatic carbocycles. The maximum atomic E-state index is 12.0. The van der Waals surface area contributed by atoms with Crippen LogP contribution in [0.2, 0.25) is 0 Å². The Hall–Kier alpha value is -0.690. The maximum absolute atomic E-state index is 12.0. The number of thiol groups is 2. The molecule has 27 heavy (non-hydrogen) atoms. The van der Waals surface area contributed by atoms with E-state index in [9.17, 15) is 4.79 Å². The quantitative estimate of drug-likeness (QED) is 0.465. The van der Waals surface area contributed by atoms with E-state index in [0.29, 0.717) is 24.9 Å². The minimum absolute atomic E-state index is 0.0887. The molecule has 0 saturated carbocycles. The molecule has 1 saturated heterocycles. The predicted molar refractivity (Wildman–Crippen MR) is 121 cm³/mol. The highest BCUT2D eigenvalue weighted by molar-refractivity contribution is 7.80. The van der Waals surface area contributed by atoms with Gasteiger partial charge in [0.1, 0.15) is 0 Å². The number of carbonyl (C=O) groups excluding carboxylic acids is 1. The van der Waals surface area contributed by atoms with Crippen LogP contribution in [0.15, 0.2) is 30.3 Å². The first kappa shape index (κ1) is 22.6. The largest absolute Gasteiger partial charge is 0.354 e. The average molecular weight is 410 g/mol. The van der Waals surface area contributed by atoms with Crippen molar-refractivity contribution in [1.82, 2.24) is 15.1 Å². The van der Waals surface area contributed by atoms with E-state index in [-0.39, 0.29) is 5.91 Å². The van der Waals surface area contributed by atoms with Crippen LogP contribution in [0.5, 0.6) is 0 Å². The van der Waals surface area contributed by atoms with Gasteiger partial charge in [0.25, 0.3) is 0 Å². The molecule has 4 nitrogen and oxygen atoms in total. The lowest BCUT2D eigenvalue weighted by Gasteiger charge is -2.36. The minimum Gasteiger partial charge on any atom is -0.354 e. The van der Waals surface area contributed by atoms with E-state index in [4.69, 9.17) is 0 Å². The number of likely N-dealkylation sites (tertiary alicyclic amines) is 1. The van der Waals surface area contributed by atoms with Crippen molar-refractivity contribution in [3.63, 3.8) is 0 Å². The zero-order chi connectivity index (χ0) is 19.3. The van der Waals surface area contributed by atoms with Crippen molar-refractivity contribution in [1.29, 1.82) is 0 Å². The Bertz CT molecular complexity index is 529. The summed E-state index contributed by atoms with van der Waals surface area (Å²) in [7, 11) is 0. The zero-order valence-electron chi connectivity index (χ0n) is 16.4. The third-order valence-electron chi connectivity index (χ3n) is 5.20. The van der Waals surface area contributed by atoms with Crippen molar-refractivity contribution in [2.45, 2.75) is 38.1 Å². The van der Waals surface area contributed by atoms with Crippen LogP contribution in [0.3, 0.4) is 0 Å². The molecule has 1 atom stereocenters. The Morgan fingerprint density at radius 1 is 1.15 bits per heavy atom. The van der Waals surface area contributed by atoms with E-state index in [0.717, 1.165) is 38.2 Å². The van der Waals surface area contributed by atoms with Crippen molar-refractivity contribution in [3.05, 3.63) is 35.9 Å². The lowest BCUT2D eigenvalue weighted by Crippen LogP contribution is -2.43. The van der Waals surface area contributed by atoms with Gasteiger partial charge >= 0.3 is 0 Å². The van der Waals surface area contributed by atoms with Crippen molar-refractivity contribution < 1.29 is 4.79 Å². The molecule has 6 heteroatoms. The molecule has 0 radical (unpaired) electrons. The topological polar surface area (TPSA) is 35.6 Å². The van der Waals surface area contributed by atoms with Gasteiger partial charge in [-0.15, -0.1) is 0 Å². The van der Waals surface area contributed by atoms with Gasteiger partial charge in [-0.1, -0.05) is 36.8 Å². The molecule has 1 unspecified atom stereocenters. The molecule has 2 rings (SSSR count). The summed E-state index contributed by atoms with van der Waals surface area (Å²) in [5.74, 6) is 1.54. The minimum atomic E-state index is 0.0887. The van der Waals surface area contributed by atoms with Gasteiger partial charge in [0, 0.05) is 30.6 Å². The van der Waals surface area contributed by atoms with Gasteiger partial charge in [-0.3, -0.25) is 9.69 Å². The summed E-state index contributed by atoms with van der Waals surface area (Å²) in [5.41, 5.74) is 1.44. The van der Waals surface area contributed by atoms with Crippen LogP contribution < -0.4 is 5.32 Å². The van der Waals surface area contributed by atoms with Crippen molar-refractivity contribution >= 4 is 31.2 Å². The normalized spacial score (nSPS) is 18.0. The van der Waals surface area contributed by atoms with E-state index < -0.39 is 0 Å². The molecule has 1 heterocycles. The van der Waals surface area contributed by atoms with Crippen molar-refractivity contribution in [2.24, 2.45) is 0 Å². The van der Waals surface area contributed by atoms with E-state index in [1.165, 1.54) is 31.4 Å². The summed E-state index contributed by atoms with van der Waals surface area (Å²) in [5, 5.41) is 2.90. The van der Waals surface area contributed by atoms with Crippen molar-refractivity contribution in [2.75, 3.05) is 50.8 Å². The molecule has 1 aliphatic heterocycles. The highest BCUT2D eigenvalue weighted by Crippen LogP contribution is 2.21. The summed E-state index contributed by atoms with van der Waals surface area (Å²) in [6.07, 6.45) is 6.18. The Labute approximate surface area is 175 Å². The van der Waals surface area contributed by atoms with E-state index in [1.54, 1.807) is 0 Å². The van der Waals surface area contributed by atoms with Gasteiger partial charge in [-0.2, -0.15) is 25.3 Å². The molecule has 1 amide bonds. The van der Waals surface area contributed by atoms with Crippen LogP contribution in [0.1, 0.15) is 31.2 Å². The third-order valence-corrected chi connectivity index (χ3v) is 5.62. The molecular weight excluding hydrogens is 374 g/mol. The van der Waals surface area contributed by atoms with Gasteiger partial charge in [-0.05, 0) is 50.9 Å². The van der Waals surface area contributed by atoms with Gasteiger partial charge < -0.3 is 10.2 Å². The highest BCUT2D eigenvalue weighted by atomic mass is 32.1. The Kier molecular flexibility index (Phi) is 11.3. The second-order valence-electron chi connectivity index (χ2n) is 7.30. The van der Waals surface area contributed by atoms with Crippen LogP contribution in [0.25, 0.3) is 0 Å². The van der Waals surface area contributed by atoms with Gasteiger partial charge in [0.2, 0.25) is 5.91 Å². The number of nitrogens with zero attached hydrogens (tertiary/aromatic N) is 2. The predicted octanol–water partition coefficient (Wildman–Crippen LogP) is 2.75. The van der Waals surface area contributed by atoms with E-state index in [2.05, 4.69) is 70.7 Å². The number of piperidine rings is 1. The van der Waals surface area contributed by atoms with Gasteiger partial charge in [0.15, 0.2) is 0 Å². The Balaban J connectivity index is 1.78. The fraction of sp³-hybridized carbons (Fsp3) is 0.667. The molecule has 0 spiro atoms.